The number of hydrogen-bond donors (Lipinski definition) is 3. The van der Waals surface area contributed by atoms with E-state index in [4.69, 9.17) is 29.8 Å². The molecule has 1 aliphatic carbocycles. The number of carbonyl (C=O) groups excluding carboxylic acids is 1. The zero-order valence-corrected chi connectivity index (χ0v) is 21.0. The summed E-state index contributed by atoms with van der Waals surface area (Å²) >= 11 is 0. The maximum absolute atomic E-state index is 13.8. The van der Waals surface area contributed by atoms with Gasteiger partial charge in [0.2, 0.25) is 0 Å². The van der Waals surface area contributed by atoms with Gasteiger partial charge in [-0.2, -0.15) is 10.1 Å². The number of nitrogens with two attached hydrogens (primary N) is 1. The van der Waals surface area contributed by atoms with Gasteiger partial charge in [-0.05, 0) is 44.5 Å². The standard InChI is InChI=1S/C21H26N7O8P/c1-11(2)33-19(29)12(3)26-37(32,35-13-7-5-4-6-8-13)36-17-16-21(17,31)15(25-27-23)18(34-16)28-10-9-14(22)24-20(28)30/h4-12,15-18,31H,1-3H3,(H,26,32)(H2,22,24,30)/t12-,15?,16+,17?,18+,21-,37?/m0/s1. The third-order valence-corrected chi connectivity index (χ3v) is 7.35. The monoisotopic (exact) mass is 535 g/mol. The molecule has 37 heavy (non-hydrogen) atoms. The molecular formula is C21H26N7O8P. The maximum Gasteiger partial charge on any atom is 0.459 e. The van der Waals surface area contributed by atoms with E-state index in [9.17, 15) is 19.3 Å². The molecule has 1 aromatic carbocycles. The number of ether oxygens (including phenoxy) is 2. The number of hydrogen-bond acceptors (Lipinski definition) is 11. The van der Waals surface area contributed by atoms with E-state index in [2.05, 4.69) is 20.1 Å². The summed E-state index contributed by atoms with van der Waals surface area (Å²) in [6, 6.07) is 6.90. The highest BCUT2D eigenvalue weighted by atomic mass is 31.2. The van der Waals surface area contributed by atoms with Crippen LogP contribution in [0.1, 0.15) is 27.0 Å². The highest BCUT2D eigenvalue weighted by molar-refractivity contribution is 7.52. The van der Waals surface area contributed by atoms with Gasteiger partial charge in [0.15, 0.2) is 0 Å². The Labute approximate surface area is 210 Å². The van der Waals surface area contributed by atoms with Crippen LogP contribution in [0.15, 0.2) is 52.5 Å². The summed E-state index contributed by atoms with van der Waals surface area (Å²) in [7, 11) is -4.36. The smallest absolute Gasteiger partial charge is 0.459 e. The summed E-state index contributed by atoms with van der Waals surface area (Å²) in [5, 5.41) is 17.4. The summed E-state index contributed by atoms with van der Waals surface area (Å²) < 4.78 is 37.0. The van der Waals surface area contributed by atoms with E-state index >= 15 is 0 Å². The number of para-hydroxylation sites is 1. The lowest BCUT2D eigenvalue weighted by molar-refractivity contribution is -0.149. The zero-order valence-electron chi connectivity index (χ0n) is 20.1. The van der Waals surface area contributed by atoms with Gasteiger partial charge < -0.3 is 24.8 Å². The molecule has 2 fully saturated rings. The lowest BCUT2D eigenvalue weighted by Gasteiger charge is -2.27. The van der Waals surface area contributed by atoms with E-state index in [1.807, 2.05) is 0 Å². The fourth-order valence-electron chi connectivity index (χ4n) is 3.96. The van der Waals surface area contributed by atoms with Crippen LogP contribution in [0.5, 0.6) is 5.75 Å². The molecule has 15 nitrogen and oxygen atoms in total. The van der Waals surface area contributed by atoms with E-state index in [1.165, 1.54) is 31.3 Å². The number of anilines is 1. The lowest BCUT2D eigenvalue weighted by atomic mass is 10.1. The van der Waals surface area contributed by atoms with Crippen molar-refractivity contribution in [2.24, 2.45) is 5.11 Å². The fraction of sp³-hybridized carbons (Fsp3) is 0.476. The number of fused-ring (bicyclic) bond motifs is 1. The Morgan fingerprint density at radius 2 is 2.05 bits per heavy atom. The molecule has 0 bridgehead atoms. The maximum atomic E-state index is 13.8. The first-order valence-corrected chi connectivity index (χ1v) is 12.8. The SMILES string of the molecule is CC(C)OC(=O)[C@H](C)NP(=O)(Oc1ccccc1)OC1[C@H]2O[C@@H](n3ccc(N)nc3=O)C(N=[N+]=[N-])[C@@]12O. The van der Waals surface area contributed by atoms with Crippen LogP contribution in [0.2, 0.25) is 0 Å². The predicted octanol–water partition coefficient (Wildman–Crippen LogP) is 1.65. The number of nitrogens with zero attached hydrogens (tertiary/aromatic N) is 5. The molecular weight excluding hydrogens is 509 g/mol. The van der Waals surface area contributed by atoms with Crippen molar-refractivity contribution in [3.05, 3.63) is 63.5 Å². The summed E-state index contributed by atoms with van der Waals surface area (Å²) in [5.74, 6) is -0.575. The minimum atomic E-state index is -4.36. The van der Waals surface area contributed by atoms with Crippen LogP contribution < -0.4 is 21.0 Å². The van der Waals surface area contributed by atoms with Crippen LogP contribution in [0, 0.1) is 0 Å². The van der Waals surface area contributed by atoms with Gasteiger partial charge in [-0.15, -0.1) is 0 Å². The number of nitrogen functional groups attached to an aromatic ring is 1. The normalized spacial score (nSPS) is 28.5. The molecule has 1 saturated carbocycles. The molecule has 198 valence electrons. The molecule has 7 atom stereocenters. The second kappa shape index (κ2) is 10.1. The molecule has 0 radical (unpaired) electrons. The number of aromatic nitrogens is 2. The first-order valence-electron chi connectivity index (χ1n) is 11.3. The Morgan fingerprint density at radius 1 is 1.35 bits per heavy atom. The van der Waals surface area contributed by atoms with Crippen molar-refractivity contribution < 1.29 is 33.0 Å². The molecule has 1 aliphatic heterocycles. The molecule has 0 spiro atoms. The molecule has 3 unspecified atom stereocenters. The van der Waals surface area contributed by atoms with Gasteiger partial charge in [-0.25, -0.2) is 9.36 Å². The van der Waals surface area contributed by atoms with Crippen molar-refractivity contribution in [1.29, 1.82) is 0 Å². The lowest BCUT2D eigenvalue weighted by Crippen LogP contribution is -2.41. The van der Waals surface area contributed by atoms with Gasteiger partial charge in [-0.1, -0.05) is 23.3 Å². The van der Waals surface area contributed by atoms with Crippen LogP contribution in [0.4, 0.5) is 5.82 Å². The van der Waals surface area contributed by atoms with Gasteiger partial charge in [0.25, 0.3) is 0 Å². The number of rotatable bonds is 10. The zero-order chi connectivity index (χ0) is 27.0. The topological polar surface area (TPSA) is 213 Å². The molecule has 2 aliphatic rings. The fourth-order valence-corrected chi connectivity index (χ4v) is 5.67. The van der Waals surface area contributed by atoms with Crippen LogP contribution in [0.25, 0.3) is 10.4 Å². The van der Waals surface area contributed by atoms with E-state index in [0.29, 0.717) is 0 Å². The van der Waals surface area contributed by atoms with Gasteiger partial charge in [0.05, 0.1) is 6.10 Å². The molecule has 1 saturated heterocycles. The predicted molar refractivity (Wildman–Crippen MR) is 128 cm³/mol. The van der Waals surface area contributed by atoms with Crippen molar-refractivity contribution in [1.82, 2.24) is 14.6 Å². The second-order valence-corrected chi connectivity index (χ2v) is 10.4. The number of esters is 1. The van der Waals surface area contributed by atoms with Gasteiger partial charge >= 0.3 is 19.4 Å². The van der Waals surface area contributed by atoms with E-state index < -0.39 is 61.6 Å². The second-order valence-electron chi connectivity index (χ2n) is 8.79. The molecule has 4 rings (SSSR count). The summed E-state index contributed by atoms with van der Waals surface area (Å²) in [6.45, 7) is 4.73. The Hall–Kier alpha value is -3.45. The quantitative estimate of drug-likeness (QED) is 0.131. The average Bonchev–Trinajstić information content (AvgIpc) is 3.23. The van der Waals surface area contributed by atoms with Crippen molar-refractivity contribution in [3.63, 3.8) is 0 Å². The first-order chi connectivity index (χ1) is 17.5. The molecule has 2 aromatic rings. The average molecular weight is 535 g/mol. The molecule has 2 heterocycles. The number of aliphatic hydroxyl groups is 1. The largest absolute Gasteiger partial charge is 0.462 e. The number of benzene rings is 1. The minimum absolute atomic E-state index is 0.0279. The summed E-state index contributed by atoms with van der Waals surface area (Å²) in [4.78, 5) is 31.0. The van der Waals surface area contributed by atoms with E-state index in [1.54, 1.807) is 32.0 Å². The van der Waals surface area contributed by atoms with Crippen molar-refractivity contribution in [2.75, 3.05) is 5.73 Å². The third kappa shape index (κ3) is 5.32. The van der Waals surface area contributed by atoms with Gasteiger partial charge in [0.1, 0.15) is 47.7 Å². The van der Waals surface area contributed by atoms with Crippen LogP contribution in [0.3, 0.4) is 0 Å². The summed E-state index contributed by atoms with van der Waals surface area (Å²) in [6.07, 6.45) is -2.81. The first kappa shape index (κ1) is 26.6. The van der Waals surface area contributed by atoms with Crippen LogP contribution >= 0.6 is 7.75 Å². The molecule has 1 aromatic heterocycles. The van der Waals surface area contributed by atoms with E-state index in [0.717, 1.165) is 4.57 Å². The highest BCUT2D eigenvalue weighted by Crippen LogP contribution is 2.61. The number of nitrogens with one attached hydrogen (secondary N) is 1. The Bertz CT molecular complexity index is 1320. The Balaban J connectivity index is 1.59. The van der Waals surface area contributed by atoms with Crippen molar-refractivity contribution >= 4 is 19.5 Å². The van der Waals surface area contributed by atoms with Crippen molar-refractivity contribution in [2.45, 2.75) is 63.0 Å². The third-order valence-electron chi connectivity index (χ3n) is 5.69. The van der Waals surface area contributed by atoms with Crippen LogP contribution in [-0.4, -0.2) is 56.6 Å². The van der Waals surface area contributed by atoms with Gasteiger partial charge in [0, 0.05) is 11.1 Å². The molecule has 16 heteroatoms. The number of carbonyl (C=O) groups is 1. The Morgan fingerprint density at radius 3 is 2.68 bits per heavy atom. The molecule has 4 N–H and O–H groups in total. The minimum Gasteiger partial charge on any atom is -0.462 e. The summed E-state index contributed by atoms with van der Waals surface area (Å²) in [5.41, 5.74) is 11.9. The van der Waals surface area contributed by atoms with Crippen molar-refractivity contribution in [3.8, 4) is 5.75 Å². The van der Waals surface area contributed by atoms with E-state index in [-0.39, 0.29) is 11.6 Å². The number of azide groups is 1. The highest BCUT2D eigenvalue weighted by Gasteiger charge is 2.79. The van der Waals surface area contributed by atoms with Gasteiger partial charge in [-0.3, -0.25) is 13.9 Å². The molecule has 0 amide bonds. The Kier molecular flexibility index (Phi) is 7.29. The van der Waals surface area contributed by atoms with Crippen LogP contribution in [-0.2, 0) is 23.4 Å².